The number of nitrogens with one attached hydrogen (secondary N) is 3. The number of halogens is 1. The summed E-state index contributed by atoms with van der Waals surface area (Å²) in [6, 6.07) is 16.9. The van der Waals surface area contributed by atoms with Crippen LogP contribution in [0, 0.1) is 12.7 Å². The smallest absolute Gasteiger partial charge is 0.319 e. The second kappa shape index (κ2) is 10.3. The summed E-state index contributed by atoms with van der Waals surface area (Å²) in [5.41, 5.74) is 2.16. The van der Waals surface area contributed by atoms with Crippen LogP contribution in [0.5, 0.6) is 0 Å². The Labute approximate surface area is 191 Å². The predicted octanol–water partition coefficient (Wildman–Crippen LogP) is 3.54. The molecule has 0 atom stereocenters. The van der Waals surface area contributed by atoms with Crippen LogP contribution < -0.4 is 16.0 Å². The molecule has 0 unspecified atom stereocenters. The fraction of sp³-hybridized carbons (Fsp3) is 0.292. The fourth-order valence-electron chi connectivity index (χ4n) is 3.86. The lowest BCUT2D eigenvalue weighted by Crippen LogP contribution is -2.47. The zero-order valence-electron chi connectivity index (χ0n) is 18.4. The van der Waals surface area contributed by atoms with E-state index < -0.39 is 0 Å². The van der Waals surface area contributed by atoms with Crippen molar-refractivity contribution in [3.63, 3.8) is 0 Å². The number of rotatable bonds is 6. The molecule has 2 heterocycles. The van der Waals surface area contributed by atoms with Gasteiger partial charge in [-0.2, -0.15) is 5.10 Å². The highest BCUT2D eigenvalue weighted by Gasteiger charge is 2.22. The third kappa shape index (κ3) is 6.17. The first-order chi connectivity index (χ1) is 16.0. The number of carbonyl (C=O) groups is 2. The van der Waals surface area contributed by atoms with Crippen LogP contribution in [0.15, 0.2) is 60.7 Å². The molecule has 0 saturated carbocycles. The second-order valence-corrected chi connectivity index (χ2v) is 8.12. The Morgan fingerprint density at radius 3 is 2.42 bits per heavy atom. The summed E-state index contributed by atoms with van der Waals surface area (Å²) in [7, 11) is 0. The van der Waals surface area contributed by atoms with E-state index in [0.29, 0.717) is 24.6 Å². The van der Waals surface area contributed by atoms with Crippen molar-refractivity contribution in [2.24, 2.45) is 0 Å². The lowest BCUT2D eigenvalue weighted by molar-refractivity contribution is -0.117. The van der Waals surface area contributed by atoms with Gasteiger partial charge in [0.05, 0.1) is 17.9 Å². The molecular formula is C24H27FN6O2. The highest BCUT2D eigenvalue weighted by Crippen LogP contribution is 2.18. The normalized spacial score (nSPS) is 14.6. The van der Waals surface area contributed by atoms with Gasteiger partial charge in [0, 0.05) is 30.9 Å². The Balaban J connectivity index is 1.25. The first-order valence-corrected chi connectivity index (χ1v) is 10.9. The maximum absolute atomic E-state index is 13.2. The third-order valence-electron chi connectivity index (χ3n) is 5.49. The fourth-order valence-corrected chi connectivity index (χ4v) is 3.86. The van der Waals surface area contributed by atoms with Crippen molar-refractivity contribution in [2.45, 2.75) is 25.8 Å². The third-order valence-corrected chi connectivity index (χ3v) is 5.49. The summed E-state index contributed by atoms with van der Waals surface area (Å²) in [6.45, 7) is 3.50. The van der Waals surface area contributed by atoms with Crippen LogP contribution in [-0.2, 0) is 4.79 Å². The summed E-state index contributed by atoms with van der Waals surface area (Å²) in [5.74, 6) is 0.0633. The number of hydrogen-bond acceptors (Lipinski definition) is 4. The molecule has 0 spiro atoms. The minimum atomic E-state index is -0.330. The van der Waals surface area contributed by atoms with Gasteiger partial charge in [0.1, 0.15) is 11.6 Å². The molecule has 0 bridgehead atoms. The van der Waals surface area contributed by atoms with Gasteiger partial charge in [-0.25, -0.2) is 13.9 Å². The summed E-state index contributed by atoms with van der Waals surface area (Å²) >= 11 is 0. The van der Waals surface area contributed by atoms with Gasteiger partial charge in [-0.05, 0) is 56.2 Å². The van der Waals surface area contributed by atoms with E-state index in [0.717, 1.165) is 24.2 Å². The standard InChI is InChI=1S/C24H27FN6O2/c1-17-15-22(31(29-17)21-9-7-18(25)8-10-21)28-23(32)16-30-13-11-20(12-14-30)27-24(33)26-19-5-3-2-4-6-19/h2-10,15,20H,11-14,16H2,1H3,(H,28,32)(H2,26,27,33). The maximum atomic E-state index is 13.2. The van der Waals surface area contributed by atoms with Gasteiger partial charge in [0.15, 0.2) is 0 Å². The van der Waals surface area contributed by atoms with Crippen molar-refractivity contribution in [3.8, 4) is 5.69 Å². The minimum Gasteiger partial charge on any atom is -0.335 e. The van der Waals surface area contributed by atoms with Crippen molar-refractivity contribution in [1.82, 2.24) is 20.0 Å². The SMILES string of the molecule is Cc1cc(NC(=O)CN2CCC(NC(=O)Nc3ccccc3)CC2)n(-c2ccc(F)cc2)n1. The molecule has 1 aliphatic heterocycles. The Kier molecular flexibility index (Phi) is 6.99. The number of hydrogen-bond donors (Lipinski definition) is 3. The van der Waals surface area contributed by atoms with Crippen LogP contribution in [0.25, 0.3) is 5.69 Å². The number of anilines is 2. The summed E-state index contributed by atoms with van der Waals surface area (Å²) in [4.78, 5) is 26.9. The number of benzene rings is 2. The van der Waals surface area contributed by atoms with Crippen LogP contribution >= 0.6 is 0 Å². The van der Waals surface area contributed by atoms with Gasteiger partial charge in [-0.1, -0.05) is 18.2 Å². The van der Waals surface area contributed by atoms with Crippen LogP contribution in [0.2, 0.25) is 0 Å². The average Bonchev–Trinajstić information content (AvgIpc) is 3.16. The molecule has 8 nitrogen and oxygen atoms in total. The van der Waals surface area contributed by atoms with Gasteiger partial charge in [0.2, 0.25) is 5.91 Å². The van der Waals surface area contributed by atoms with E-state index in [4.69, 9.17) is 0 Å². The molecule has 1 fully saturated rings. The number of aryl methyl sites for hydroxylation is 1. The molecule has 2 aromatic carbocycles. The predicted molar refractivity (Wildman–Crippen MR) is 125 cm³/mol. The minimum absolute atomic E-state index is 0.0654. The number of likely N-dealkylation sites (tertiary alicyclic amines) is 1. The molecular weight excluding hydrogens is 423 g/mol. The van der Waals surface area contributed by atoms with Gasteiger partial charge in [0.25, 0.3) is 0 Å². The Hall–Kier alpha value is -3.72. The molecule has 33 heavy (non-hydrogen) atoms. The van der Waals surface area contributed by atoms with E-state index in [9.17, 15) is 14.0 Å². The molecule has 0 aliphatic carbocycles. The first kappa shape index (κ1) is 22.5. The zero-order chi connectivity index (χ0) is 23.2. The number of amides is 3. The van der Waals surface area contributed by atoms with Crippen molar-refractivity contribution in [2.75, 3.05) is 30.3 Å². The highest BCUT2D eigenvalue weighted by molar-refractivity contribution is 5.92. The molecule has 1 aliphatic rings. The van der Waals surface area contributed by atoms with Crippen molar-refractivity contribution in [1.29, 1.82) is 0 Å². The summed E-state index contributed by atoms with van der Waals surface area (Å²) < 4.78 is 14.8. The maximum Gasteiger partial charge on any atom is 0.319 e. The number of piperidine rings is 1. The first-order valence-electron chi connectivity index (χ1n) is 10.9. The lowest BCUT2D eigenvalue weighted by atomic mass is 10.1. The number of nitrogens with zero attached hydrogens (tertiary/aromatic N) is 3. The topological polar surface area (TPSA) is 91.3 Å². The Bertz CT molecular complexity index is 1090. The lowest BCUT2D eigenvalue weighted by Gasteiger charge is -2.31. The van der Waals surface area contributed by atoms with E-state index in [1.807, 2.05) is 37.3 Å². The van der Waals surface area contributed by atoms with Crippen LogP contribution in [-0.4, -0.2) is 52.3 Å². The molecule has 3 aromatic rings. The van der Waals surface area contributed by atoms with E-state index in [1.54, 1.807) is 22.9 Å². The van der Waals surface area contributed by atoms with Crippen LogP contribution in [0.3, 0.4) is 0 Å². The Morgan fingerprint density at radius 1 is 1.03 bits per heavy atom. The highest BCUT2D eigenvalue weighted by atomic mass is 19.1. The van der Waals surface area contributed by atoms with Gasteiger partial charge in [-0.3, -0.25) is 9.69 Å². The summed E-state index contributed by atoms with van der Waals surface area (Å²) in [6.07, 6.45) is 1.53. The van der Waals surface area contributed by atoms with E-state index >= 15 is 0 Å². The van der Waals surface area contributed by atoms with E-state index in [-0.39, 0.29) is 30.3 Å². The number of carbonyl (C=O) groups excluding carboxylic acids is 2. The Morgan fingerprint density at radius 2 is 1.73 bits per heavy atom. The molecule has 4 rings (SSSR count). The molecule has 3 N–H and O–H groups in total. The second-order valence-electron chi connectivity index (χ2n) is 8.12. The number of urea groups is 1. The molecule has 0 radical (unpaired) electrons. The van der Waals surface area contributed by atoms with Crippen LogP contribution in [0.4, 0.5) is 20.7 Å². The molecule has 9 heteroatoms. The largest absolute Gasteiger partial charge is 0.335 e. The van der Waals surface area contributed by atoms with E-state index in [2.05, 4.69) is 25.9 Å². The van der Waals surface area contributed by atoms with E-state index in [1.165, 1.54) is 12.1 Å². The summed E-state index contributed by atoms with van der Waals surface area (Å²) in [5, 5.41) is 13.1. The van der Waals surface area contributed by atoms with Crippen molar-refractivity contribution in [3.05, 3.63) is 72.2 Å². The average molecular weight is 451 g/mol. The molecule has 1 saturated heterocycles. The van der Waals surface area contributed by atoms with Crippen molar-refractivity contribution >= 4 is 23.4 Å². The quantitative estimate of drug-likeness (QED) is 0.536. The van der Waals surface area contributed by atoms with Gasteiger partial charge < -0.3 is 16.0 Å². The monoisotopic (exact) mass is 450 g/mol. The molecule has 172 valence electrons. The molecule has 3 amide bonds. The molecule has 1 aromatic heterocycles. The van der Waals surface area contributed by atoms with Gasteiger partial charge >= 0.3 is 6.03 Å². The zero-order valence-corrected chi connectivity index (χ0v) is 18.4. The number of aromatic nitrogens is 2. The van der Waals surface area contributed by atoms with Crippen LogP contribution in [0.1, 0.15) is 18.5 Å². The van der Waals surface area contributed by atoms with Gasteiger partial charge in [-0.15, -0.1) is 0 Å². The number of para-hydroxylation sites is 1. The van der Waals surface area contributed by atoms with Crippen molar-refractivity contribution < 1.29 is 14.0 Å².